The van der Waals surface area contributed by atoms with E-state index in [2.05, 4.69) is 10.6 Å². The third-order valence-electron chi connectivity index (χ3n) is 4.41. The van der Waals surface area contributed by atoms with E-state index in [1.807, 2.05) is 6.92 Å². The minimum Gasteiger partial charge on any atom is -0.491 e. The maximum atomic E-state index is 12.5. The number of likely N-dealkylation sites (tertiary alicyclic amines) is 1. The number of rotatable bonds is 7. The average molecular weight is 379 g/mol. The summed E-state index contributed by atoms with van der Waals surface area (Å²) in [5, 5.41) is 15.9. The van der Waals surface area contributed by atoms with Gasteiger partial charge in [0, 0.05) is 32.3 Å². The Morgan fingerprint density at radius 2 is 2.00 bits per heavy atom. The zero-order valence-corrected chi connectivity index (χ0v) is 15.9. The van der Waals surface area contributed by atoms with Crippen molar-refractivity contribution in [2.24, 2.45) is 0 Å². The van der Waals surface area contributed by atoms with Gasteiger partial charge in [-0.15, -0.1) is 0 Å². The molecule has 27 heavy (non-hydrogen) atoms. The fourth-order valence-electron chi connectivity index (χ4n) is 2.93. The minimum atomic E-state index is -0.690. The lowest BCUT2D eigenvalue weighted by molar-refractivity contribution is 0.0809. The van der Waals surface area contributed by atoms with Gasteiger partial charge in [-0.3, -0.25) is 4.79 Å². The van der Waals surface area contributed by atoms with Crippen LogP contribution in [0.5, 0.6) is 5.75 Å². The van der Waals surface area contributed by atoms with Crippen LogP contribution in [0.1, 0.15) is 30.1 Å². The summed E-state index contributed by atoms with van der Waals surface area (Å²) < 4.78 is 10.4. The molecule has 0 aromatic heterocycles. The molecule has 0 aliphatic carbocycles. The Kier molecular flexibility index (Phi) is 8.35. The zero-order chi connectivity index (χ0) is 19.6. The standard InChI is InChI=1S/C19H29N3O5/c1-3-20-19(25)22-10-4-5-17(23)16(13-22)21-18(24)14-6-8-15(9-7-14)27-12-11-26-2/h6-9,16-17,23H,3-5,10-13H2,1-2H3,(H,20,25)(H,21,24)/t16-,17-/m1/s1. The number of amides is 3. The highest BCUT2D eigenvalue weighted by Crippen LogP contribution is 2.15. The van der Waals surface area contributed by atoms with E-state index in [1.54, 1.807) is 36.3 Å². The fraction of sp³-hybridized carbons (Fsp3) is 0.579. The Hall–Kier alpha value is -2.32. The van der Waals surface area contributed by atoms with Gasteiger partial charge in [0.15, 0.2) is 0 Å². The molecule has 0 radical (unpaired) electrons. The summed E-state index contributed by atoms with van der Waals surface area (Å²) in [6.07, 6.45) is 0.538. The number of hydrogen-bond acceptors (Lipinski definition) is 5. The summed E-state index contributed by atoms with van der Waals surface area (Å²) in [6.45, 7) is 4.15. The predicted molar refractivity (Wildman–Crippen MR) is 101 cm³/mol. The van der Waals surface area contributed by atoms with E-state index in [9.17, 15) is 14.7 Å². The summed E-state index contributed by atoms with van der Waals surface area (Å²) in [7, 11) is 1.60. The third-order valence-corrected chi connectivity index (χ3v) is 4.41. The Morgan fingerprint density at radius 1 is 1.26 bits per heavy atom. The van der Waals surface area contributed by atoms with Gasteiger partial charge in [-0.1, -0.05) is 0 Å². The summed E-state index contributed by atoms with van der Waals surface area (Å²) in [5.74, 6) is 0.362. The van der Waals surface area contributed by atoms with Crippen LogP contribution in [0.15, 0.2) is 24.3 Å². The number of benzene rings is 1. The van der Waals surface area contributed by atoms with Crippen LogP contribution >= 0.6 is 0 Å². The number of nitrogens with zero attached hydrogens (tertiary/aromatic N) is 1. The molecule has 0 bridgehead atoms. The van der Waals surface area contributed by atoms with Crippen LogP contribution in [-0.2, 0) is 4.74 Å². The molecule has 8 nitrogen and oxygen atoms in total. The van der Waals surface area contributed by atoms with Crippen LogP contribution < -0.4 is 15.4 Å². The molecule has 1 fully saturated rings. The van der Waals surface area contributed by atoms with Crippen LogP contribution in [0.2, 0.25) is 0 Å². The fourth-order valence-corrected chi connectivity index (χ4v) is 2.93. The van der Waals surface area contributed by atoms with Crippen molar-refractivity contribution in [3.05, 3.63) is 29.8 Å². The first-order chi connectivity index (χ1) is 13.0. The van der Waals surface area contributed by atoms with E-state index >= 15 is 0 Å². The van der Waals surface area contributed by atoms with E-state index in [-0.39, 0.29) is 18.5 Å². The van der Waals surface area contributed by atoms with Crippen molar-refractivity contribution in [1.82, 2.24) is 15.5 Å². The van der Waals surface area contributed by atoms with Crippen molar-refractivity contribution in [2.75, 3.05) is 40.0 Å². The molecule has 0 saturated carbocycles. The number of aliphatic hydroxyl groups is 1. The largest absolute Gasteiger partial charge is 0.491 e. The van der Waals surface area contributed by atoms with Gasteiger partial charge in [0.1, 0.15) is 12.4 Å². The van der Waals surface area contributed by atoms with Crippen LogP contribution in [-0.4, -0.2) is 74.0 Å². The Labute approximate surface area is 159 Å². The highest BCUT2D eigenvalue weighted by atomic mass is 16.5. The number of carbonyl (C=O) groups excluding carboxylic acids is 2. The Morgan fingerprint density at radius 3 is 2.67 bits per heavy atom. The van der Waals surface area contributed by atoms with Crippen molar-refractivity contribution in [2.45, 2.75) is 31.9 Å². The van der Waals surface area contributed by atoms with Crippen molar-refractivity contribution in [1.29, 1.82) is 0 Å². The van der Waals surface area contributed by atoms with Crippen molar-refractivity contribution in [3.8, 4) is 5.75 Å². The highest BCUT2D eigenvalue weighted by Gasteiger charge is 2.29. The van der Waals surface area contributed by atoms with Crippen molar-refractivity contribution < 1.29 is 24.2 Å². The maximum absolute atomic E-state index is 12.5. The summed E-state index contributed by atoms with van der Waals surface area (Å²) in [4.78, 5) is 26.3. The molecule has 1 aromatic carbocycles. The van der Waals surface area contributed by atoms with Gasteiger partial charge in [-0.25, -0.2) is 4.79 Å². The number of hydrogen-bond donors (Lipinski definition) is 3. The summed E-state index contributed by atoms with van der Waals surface area (Å²) in [5.41, 5.74) is 0.468. The molecule has 0 unspecified atom stereocenters. The van der Waals surface area contributed by atoms with Gasteiger partial charge in [-0.2, -0.15) is 0 Å². The van der Waals surface area contributed by atoms with Gasteiger partial charge < -0.3 is 30.1 Å². The van der Waals surface area contributed by atoms with Gasteiger partial charge in [-0.05, 0) is 44.0 Å². The van der Waals surface area contributed by atoms with Gasteiger partial charge in [0.2, 0.25) is 0 Å². The molecule has 3 amide bonds. The van der Waals surface area contributed by atoms with Crippen LogP contribution in [0, 0.1) is 0 Å². The molecule has 150 valence electrons. The maximum Gasteiger partial charge on any atom is 0.317 e. The molecule has 2 atom stereocenters. The first kappa shape index (κ1) is 21.0. The Balaban J connectivity index is 1.96. The van der Waals surface area contributed by atoms with Crippen LogP contribution in [0.3, 0.4) is 0 Å². The second-order valence-electron chi connectivity index (χ2n) is 6.44. The lowest BCUT2D eigenvalue weighted by Crippen LogP contribution is -2.51. The zero-order valence-electron chi connectivity index (χ0n) is 15.9. The third kappa shape index (κ3) is 6.41. The van der Waals surface area contributed by atoms with E-state index < -0.39 is 12.1 Å². The summed E-state index contributed by atoms with van der Waals surface area (Å²) in [6, 6.07) is 6.08. The van der Waals surface area contributed by atoms with E-state index in [4.69, 9.17) is 9.47 Å². The lowest BCUT2D eigenvalue weighted by atomic mass is 10.1. The topological polar surface area (TPSA) is 100 Å². The molecule has 1 heterocycles. The monoisotopic (exact) mass is 379 g/mol. The number of urea groups is 1. The predicted octanol–water partition coefficient (Wildman–Crippen LogP) is 0.996. The minimum absolute atomic E-state index is 0.177. The molecular formula is C19H29N3O5. The quantitative estimate of drug-likeness (QED) is 0.614. The molecular weight excluding hydrogens is 350 g/mol. The Bertz CT molecular complexity index is 608. The summed E-state index contributed by atoms with van der Waals surface area (Å²) >= 11 is 0. The second-order valence-corrected chi connectivity index (χ2v) is 6.44. The van der Waals surface area contributed by atoms with Gasteiger partial charge in [0.05, 0.1) is 18.8 Å². The number of methoxy groups -OCH3 is 1. The molecule has 8 heteroatoms. The van der Waals surface area contributed by atoms with Gasteiger partial charge in [0.25, 0.3) is 5.91 Å². The first-order valence-corrected chi connectivity index (χ1v) is 9.28. The van der Waals surface area contributed by atoms with E-state index in [0.29, 0.717) is 50.5 Å². The van der Waals surface area contributed by atoms with Crippen LogP contribution in [0.4, 0.5) is 4.79 Å². The molecule has 1 aliphatic heterocycles. The van der Waals surface area contributed by atoms with E-state index in [1.165, 1.54) is 0 Å². The number of carbonyl (C=O) groups is 2. The second kappa shape index (κ2) is 10.7. The smallest absolute Gasteiger partial charge is 0.317 e. The first-order valence-electron chi connectivity index (χ1n) is 9.28. The molecule has 1 aliphatic rings. The van der Waals surface area contributed by atoms with Crippen LogP contribution in [0.25, 0.3) is 0 Å². The SMILES string of the molecule is CCNC(=O)N1CCC[C@@H](O)[C@H](NC(=O)c2ccc(OCCOC)cc2)C1. The van der Waals surface area contributed by atoms with E-state index in [0.717, 1.165) is 0 Å². The van der Waals surface area contributed by atoms with Crippen molar-refractivity contribution >= 4 is 11.9 Å². The number of ether oxygens (including phenoxy) is 2. The average Bonchev–Trinajstić information content (AvgIpc) is 2.84. The molecule has 2 rings (SSSR count). The molecule has 1 aromatic rings. The number of aliphatic hydroxyl groups excluding tert-OH is 1. The van der Waals surface area contributed by atoms with Crippen molar-refractivity contribution in [3.63, 3.8) is 0 Å². The number of nitrogens with one attached hydrogen (secondary N) is 2. The lowest BCUT2D eigenvalue weighted by Gasteiger charge is -2.27. The highest BCUT2D eigenvalue weighted by molar-refractivity contribution is 5.94. The van der Waals surface area contributed by atoms with Gasteiger partial charge >= 0.3 is 6.03 Å². The molecule has 3 N–H and O–H groups in total. The molecule has 1 saturated heterocycles. The normalized spacial score (nSPS) is 19.9. The molecule has 0 spiro atoms.